The quantitative estimate of drug-likeness (QED) is 0.834. The number of hydrogen-bond donors (Lipinski definition) is 1. The van der Waals surface area contributed by atoms with Crippen molar-refractivity contribution >= 4 is 15.9 Å². The molecule has 1 aliphatic carbocycles. The van der Waals surface area contributed by atoms with Gasteiger partial charge in [-0.3, -0.25) is 4.68 Å². The number of ether oxygens (including phenoxy) is 1. The first-order chi connectivity index (χ1) is 9.18. The van der Waals surface area contributed by atoms with Crippen LogP contribution in [0.2, 0.25) is 0 Å². The van der Waals surface area contributed by atoms with Crippen LogP contribution < -0.4 is 5.32 Å². The first-order valence-electron chi connectivity index (χ1n) is 7.18. The zero-order valence-electron chi connectivity index (χ0n) is 12.1. The second-order valence-electron chi connectivity index (χ2n) is 5.20. The van der Waals surface area contributed by atoms with Crippen LogP contribution in [0.1, 0.15) is 51.3 Å². The summed E-state index contributed by atoms with van der Waals surface area (Å²) in [4.78, 5) is 0. The van der Waals surface area contributed by atoms with E-state index >= 15 is 0 Å². The van der Waals surface area contributed by atoms with Crippen LogP contribution in [0.3, 0.4) is 0 Å². The summed E-state index contributed by atoms with van der Waals surface area (Å²) in [6.07, 6.45) is 6.49. The van der Waals surface area contributed by atoms with Gasteiger partial charge in [0.15, 0.2) is 0 Å². The Morgan fingerprint density at radius 3 is 2.74 bits per heavy atom. The minimum absolute atomic E-state index is 0.0648. The predicted octanol–water partition coefficient (Wildman–Crippen LogP) is 3.28. The van der Waals surface area contributed by atoms with Gasteiger partial charge in [0, 0.05) is 13.7 Å². The largest absolute Gasteiger partial charge is 0.376 e. The van der Waals surface area contributed by atoms with E-state index in [2.05, 4.69) is 44.9 Å². The zero-order valence-corrected chi connectivity index (χ0v) is 13.7. The van der Waals surface area contributed by atoms with Crippen molar-refractivity contribution in [3.8, 4) is 0 Å². The van der Waals surface area contributed by atoms with Crippen LogP contribution in [0.5, 0.6) is 0 Å². The molecule has 5 heteroatoms. The number of aryl methyl sites for hydroxylation is 1. The molecule has 19 heavy (non-hydrogen) atoms. The van der Waals surface area contributed by atoms with E-state index in [0.717, 1.165) is 36.8 Å². The van der Waals surface area contributed by atoms with Crippen LogP contribution in [0, 0.1) is 0 Å². The Labute approximate surface area is 124 Å². The average Bonchev–Trinajstić information content (AvgIpc) is 2.73. The lowest BCUT2D eigenvalue weighted by Crippen LogP contribution is -2.51. The van der Waals surface area contributed by atoms with E-state index in [0.29, 0.717) is 0 Å². The molecule has 0 amide bonds. The number of halogens is 1. The Bertz CT molecular complexity index is 409. The molecule has 1 unspecified atom stereocenters. The first kappa shape index (κ1) is 15.0. The van der Waals surface area contributed by atoms with Gasteiger partial charge in [-0.05, 0) is 55.1 Å². The summed E-state index contributed by atoms with van der Waals surface area (Å²) in [6.45, 7) is 6.19. The maximum absolute atomic E-state index is 5.89. The van der Waals surface area contributed by atoms with Gasteiger partial charge in [-0.2, -0.15) is 5.10 Å². The molecular weight excluding hydrogens is 306 g/mol. The second kappa shape index (κ2) is 6.37. The highest BCUT2D eigenvalue weighted by Gasteiger charge is 2.46. The molecule has 0 aromatic carbocycles. The number of nitrogens with zero attached hydrogens (tertiary/aromatic N) is 2. The maximum atomic E-state index is 5.89. The number of aromatic nitrogens is 2. The summed E-state index contributed by atoms with van der Waals surface area (Å²) in [5, 5.41) is 8.11. The van der Waals surface area contributed by atoms with E-state index in [4.69, 9.17) is 4.74 Å². The van der Waals surface area contributed by atoms with Crippen molar-refractivity contribution < 1.29 is 4.74 Å². The molecule has 1 aromatic rings. The average molecular weight is 330 g/mol. The van der Waals surface area contributed by atoms with Crippen LogP contribution >= 0.6 is 15.9 Å². The highest BCUT2D eigenvalue weighted by Crippen LogP contribution is 2.46. The molecule has 2 rings (SSSR count). The lowest BCUT2D eigenvalue weighted by atomic mass is 9.73. The van der Waals surface area contributed by atoms with Crippen molar-refractivity contribution in [2.75, 3.05) is 13.7 Å². The minimum atomic E-state index is -0.0648. The van der Waals surface area contributed by atoms with E-state index in [9.17, 15) is 0 Å². The third kappa shape index (κ3) is 2.73. The van der Waals surface area contributed by atoms with Crippen LogP contribution in [0.25, 0.3) is 0 Å². The molecule has 1 saturated carbocycles. The fraction of sp³-hybridized carbons (Fsp3) is 0.786. The molecule has 0 aliphatic heterocycles. The minimum Gasteiger partial charge on any atom is -0.376 e. The molecule has 108 valence electrons. The molecule has 1 fully saturated rings. The van der Waals surface area contributed by atoms with Gasteiger partial charge in [-0.25, -0.2) is 0 Å². The summed E-state index contributed by atoms with van der Waals surface area (Å²) in [5.74, 6) is 0. The van der Waals surface area contributed by atoms with E-state index in [1.807, 2.05) is 13.3 Å². The number of hydrogen-bond acceptors (Lipinski definition) is 3. The highest BCUT2D eigenvalue weighted by molar-refractivity contribution is 9.10. The van der Waals surface area contributed by atoms with Crippen molar-refractivity contribution in [1.29, 1.82) is 0 Å². The van der Waals surface area contributed by atoms with Crippen molar-refractivity contribution in [2.45, 2.75) is 57.7 Å². The Morgan fingerprint density at radius 2 is 2.26 bits per heavy atom. The number of methoxy groups -OCH3 is 1. The van der Waals surface area contributed by atoms with Gasteiger partial charge in [-0.15, -0.1) is 0 Å². The lowest BCUT2D eigenvalue weighted by molar-refractivity contribution is -0.102. The van der Waals surface area contributed by atoms with Crippen molar-refractivity contribution in [2.24, 2.45) is 0 Å². The van der Waals surface area contributed by atoms with Crippen molar-refractivity contribution in [1.82, 2.24) is 15.1 Å². The Balaban J connectivity index is 2.33. The first-order valence-corrected chi connectivity index (χ1v) is 7.97. The molecule has 1 N–H and O–H groups in total. The standard InChI is InChI=1S/C14H24BrN3O/c1-4-9-16-13(14(19-3)7-6-8-14)12-11(15)10-17-18(12)5-2/h10,13,16H,4-9H2,1-3H3. The molecule has 0 bridgehead atoms. The van der Waals surface area contributed by atoms with E-state index < -0.39 is 0 Å². The molecule has 1 aliphatic rings. The lowest BCUT2D eigenvalue weighted by Gasteiger charge is -2.47. The Hall–Kier alpha value is -0.390. The SMILES string of the molecule is CCCNC(c1c(Br)cnn1CC)C1(OC)CCC1. The summed E-state index contributed by atoms with van der Waals surface area (Å²) < 4.78 is 9.03. The fourth-order valence-corrected chi connectivity index (χ4v) is 3.39. The third-order valence-electron chi connectivity index (χ3n) is 4.14. The van der Waals surface area contributed by atoms with Crippen LogP contribution in [-0.4, -0.2) is 29.0 Å². The second-order valence-corrected chi connectivity index (χ2v) is 6.06. The summed E-state index contributed by atoms with van der Waals surface area (Å²) in [6, 6.07) is 0.211. The summed E-state index contributed by atoms with van der Waals surface area (Å²) in [5.41, 5.74) is 1.16. The van der Waals surface area contributed by atoms with Gasteiger partial charge in [0.05, 0.1) is 28.0 Å². The molecule has 1 aromatic heterocycles. The number of nitrogens with one attached hydrogen (secondary N) is 1. The molecular formula is C14H24BrN3O. The number of rotatable bonds is 7. The van der Waals surface area contributed by atoms with Crippen molar-refractivity contribution in [3.05, 3.63) is 16.4 Å². The van der Waals surface area contributed by atoms with Gasteiger partial charge < -0.3 is 10.1 Å². The maximum Gasteiger partial charge on any atom is 0.0888 e. The molecule has 4 nitrogen and oxygen atoms in total. The summed E-state index contributed by atoms with van der Waals surface area (Å²) >= 11 is 3.65. The Morgan fingerprint density at radius 1 is 1.53 bits per heavy atom. The van der Waals surface area contributed by atoms with Gasteiger partial charge in [0.1, 0.15) is 0 Å². The molecule has 1 atom stereocenters. The Kier molecular flexibility index (Phi) is 5.03. The van der Waals surface area contributed by atoms with Crippen LogP contribution in [0.4, 0.5) is 0 Å². The van der Waals surface area contributed by atoms with E-state index in [1.54, 1.807) is 0 Å². The van der Waals surface area contributed by atoms with Gasteiger partial charge >= 0.3 is 0 Å². The van der Waals surface area contributed by atoms with Gasteiger partial charge in [0.2, 0.25) is 0 Å². The predicted molar refractivity (Wildman–Crippen MR) is 80.2 cm³/mol. The molecule has 1 heterocycles. The van der Waals surface area contributed by atoms with Gasteiger partial charge in [-0.1, -0.05) is 6.92 Å². The summed E-state index contributed by atoms with van der Waals surface area (Å²) in [7, 11) is 1.83. The van der Waals surface area contributed by atoms with E-state index in [1.165, 1.54) is 12.1 Å². The zero-order chi connectivity index (χ0) is 13.9. The smallest absolute Gasteiger partial charge is 0.0888 e. The van der Waals surface area contributed by atoms with Gasteiger partial charge in [0.25, 0.3) is 0 Å². The fourth-order valence-electron chi connectivity index (χ4n) is 2.87. The van der Waals surface area contributed by atoms with Crippen LogP contribution in [0.15, 0.2) is 10.7 Å². The monoisotopic (exact) mass is 329 g/mol. The topological polar surface area (TPSA) is 39.1 Å². The molecule has 0 spiro atoms. The highest BCUT2D eigenvalue weighted by atomic mass is 79.9. The third-order valence-corrected chi connectivity index (χ3v) is 4.75. The van der Waals surface area contributed by atoms with Crippen LogP contribution in [-0.2, 0) is 11.3 Å². The van der Waals surface area contributed by atoms with E-state index in [-0.39, 0.29) is 11.6 Å². The molecule has 0 saturated heterocycles. The van der Waals surface area contributed by atoms with Crippen molar-refractivity contribution in [3.63, 3.8) is 0 Å². The molecule has 0 radical (unpaired) electrons. The normalized spacial score (nSPS) is 19.2.